The summed E-state index contributed by atoms with van der Waals surface area (Å²) < 4.78 is 32.4. The quantitative estimate of drug-likeness (QED) is 0.326. The lowest BCUT2D eigenvalue weighted by Gasteiger charge is -2.29. The maximum atomic E-state index is 13.3. The minimum Gasteiger partial charge on any atom is -0.378 e. The molecule has 2 aromatic carbocycles. The minimum atomic E-state index is -0.867. The first-order chi connectivity index (χ1) is 14.7. The minimum absolute atomic E-state index is 0.425. The van der Waals surface area contributed by atoms with Crippen molar-refractivity contribution >= 4 is 0 Å². The second-order valence-corrected chi connectivity index (χ2v) is 8.26. The Morgan fingerprint density at radius 3 is 2.17 bits per heavy atom. The molecule has 3 heteroatoms. The molecule has 0 aliphatic heterocycles. The molecular weight excluding hydrogens is 378 g/mol. The van der Waals surface area contributed by atoms with Gasteiger partial charge in [-0.05, 0) is 73.9 Å². The highest BCUT2D eigenvalue weighted by molar-refractivity contribution is 5.44. The van der Waals surface area contributed by atoms with Crippen molar-refractivity contribution in [1.29, 1.82) is 0 Å². The van der Waals surface area contributed by atoms with E-state index in [9.17, 15) is 8.78 Å². The van der Waals surface area contributed by atoms with Crippen LogP contribution in [0.3, 0.4) is 0 Å². The highest BCUT2D eigenvalue weighted by Crippen LogP contribution is 2.34. The molecule has 0 radical (unpaired) electrons. The molecule has 0 bridgehead atoms. The molecular formula is C27H32F2O. The zero-order chi connectivity index (χ0) is 21.2. The Morgan fingerprint density at radius 2 is 1.47 bits per heavy atom. The fourth-order valence-corrected chi connectivity index (χ4v) is 4.08. The van der Waals surface area contributed by atoms with Crippen LogP contribution in [-0.2, 0) is 4.74 Å². The summed E-state index contributed by atoms with van der Waals surface area (Å²) in [7, 11) is 0. The van der Waals surface area contributed by atoms with Gasteiger partial charge in [-0.25, -0.2) is 8.78 Å². The van der Waals surface area contributed by atoms with Crippen LogP contribution in [-0.4, -0.2) is 12.7 Å². The number of halogens is 2. The summed E-state index contributed by atoms with van der Waals surface area (Å²) in [5.74, 6) is 4.79. The topological polar surface area (TPSA) is 9.23 Å². The van der Waals surface area contributed by atoms with Gasteiger partial charge in [0.25, 0.3) is 0 Å². The van der Waals surface area contributed by atoms with Crippen molar-refractivity contribution in [3.8, 4) is 11.8 Å². The maximum Gasteiger partial charge on any atom is 0.160 e. The van der Waals surface area contributed by atoms with Gasteiger partial charge in [0.1, 0.15) is 0 Å². The first-order valence-electron chi connectivity index (χ1n) is 11.3. The summed E-state index contributed by atoms with van der Waals surface area (Å²) in [5.41, 5.74) is 2.71. The molecule has 1 fully saturated rings. The van der Waals surface area contributed by atoms with E-state index in [1.54, 1.807) is 0 Å². The van der Waals surface area contributed by atoms with Crippen LogP contribution in [0.25, 0.3) is 0 Å². The SMILES string of the molecule is CCCCCCCOC1CCC(c2ccc(C#Cc3ccc(F)c(F)c3)cc2)CC1. The Balaban J connectivity index is 1.44. The van der Waals surface area contributed by atoms with Crippen LogP contribution in [0.5, 0.6) is 0 Å². The average molecular weight is 411 g/mol. The summed E-state index contributed by atoms with van der Waals surface area (Å²) in [6.45, 7) is 3.15. The fraction of sp³-hybridized carbons (Fsp3) is 0.481. The molecule has 1 nitrogen and oxygen atoms in total. The average Bonchev–Trinajstić information content (AvgIpc) is 2.78. The Bertz CT molecular complexity index is 839. The van der Waals surface area contributed by atoms with Crippen LogP contribution < -0.4 is 0 Å². The fourth-order valence-electron chi connectivity index (χ4n) is 4.08. The van der Waals surface area contributed by atoms with E-state index in [0.29, 0.717) is 17.6 Å². The van der Waals surface area contributed by atoms with Gasteiger partial charge < -0.3 is 4.74 Å². The Labute approximate surface area is 179 Å². The van der Waals surface area contributed by atoms with Crippen molar-refractivity contribution in [3.05, 3.63) is 70.8 Å². The van der Waals surface area contributed by atoms with Gasteiger partial charge in [-0.3, -0.25) is 0 Å². The van der Waals surface area contributed by atoms with Gasteiger partial charge in [0.2, 0.25) is 0 Å². The molecule has 0 spiro atoms. The molecule has 0 atom stereocenters. The van der Waals surface area contributed by atoms with E-state index >= 15 is 0 Å². The number of benzene rings is 2. The third-order valence-corrected chi connectivity index (χ3v) is 5.93. The molecule has 2 aromatic rings. The van der Waals surface area contributed by atoms with Crippen molar-refractivity contribution < 1.29 is 13.5 Å². The van der Waals surface area contributed by atoms with Gasteiger partial charge in [-0.1, -0.05) is 56.6 Å². The monoisotopic (exact) mass is 410 g/mol. The van der Waals surface area contributed by atoms with Gasteiger partial charge in [0.15, 0.2) is 11.6 Å². The number of unbranched alkanes of at least 4 members (excludes halogenated alkanes) is 4. The molecule has 1 saturated carbocycles. The first-order valence-corrected chi connectivity index (χ1v) is 11.3. The smallest absolute Gasteiger partial charge is 0.160 e. The van der Waals surface area contributed by atoms with Gasteiger partial charge in [-0.15, -0.1) is 0 Å². The van der Waals surface area contributed by atoms with Crippen molar-refractivity contribution in [2.45, 2.75) is 76.7 Å². The zero-order valence-electron chi connectivity index (χ0n) is 17.9. The van der Waals surface area contributed by atoms with Crippen molar-refractivity contribution in [1.82, 2.24) is 0 Å². The van der Waals surface area contributed by atoms with Gasteiger partial charge in [0.05, 0.1) is 6.10 Å². The van der Waals surface area contributed by atoms with Crippen LogP contribution in [0.2, 0.25) is 0 Å². The van der Waals surface area contributed by atoms with Crippen molar-refractivity contribution in [3.63, 3.8) is 0 Å². The third-order valence-electron chi connectivity index (χ3n) is 5.93. The normalized spacial score (nSPS) is 18.6. The highest BCUT2D eigenvalue weighted by atomic mass is 19.2. The van der Waals surface area contributed by atoms with Crippen molar-refractivity contribution in [2.24, 2.45) is 0 Å². The van der Waals surface area contributed by atoms with Gasteiger partial charge >= 0.3 is 0 Å². The number of rotatable bonds is 8. The lowest BCUT2D eigenvalue weighted by Crippen LogP contribution is -2.21. The third kappa shape index (κ3) is 6.96. The molecule has 0 unspecified atom stereocenters. The predicted octanol–water partition coefficient (Wildman–Crippen LogP) is 7.38. The van der Waals surface area contributed by atoms with Crippen LogP contribution in [0.1, 0.15) is 87.3 Å². The second kappa shape index (κ2) is 11.9. The van der Waals surface area contributed by atoms with E-state index in [2.05, 4.69) is 30.9 Å². The van der Waals surface area contributed by atoms with Crippen LogP contribution in [0.15, 0.2) is 42.5 Å². The first kappa shape index (κ1) is 22.5. The molecule has 0 N–H and O–H groups in total. The molecule has 0 heterocycles. The summed E-state index contributed by atoms with van der Waals surface area (Å²) >= 11 is 0. The molecule has 0 amide bonds. The molecule has 30 heavy (non-hydrogen) atoms. The number of hydrogen-bond donors (Lipinski definition) is 0. The summed E-state index contributed by atoms with van der Waals surface area (Å²) in [4.78, 5) is 0. The molecule has 160 valence electrons. The van der Waals surface area contributed by atoms with Crippen molar-refractivity contribution in [2.75, 3.05) is 6.61 Å². The molecule has 1 aliphatic carbocycles. The molecule has 1 aliphatic rings. The summed E-state index contributed by atoms with van der Waals surface area (Å²) in [5, 5.41) is 0. The van der Waals surface area contributed by atoms with E-state index in [0.717, 1.165) is 37.1 Å². The molecule has 0 aromatic heterocycles. The lowest BCUT2D eigenvalue weighted by molar-refractivity contribution is 0.0226. The summed E-state index contributed by atoms with van der Waals surface area (Å²) in [6.07, 6.45) is 11.5. The number of hydrogen-bond acceptors (Lipinski definition) is 1. The highest BCUT2D eigenvalue weighted by Gasteiger charge is 2.22. The number of ether oxygens (including phenoxy) is 1. The van der Waals surface area contributed by atoms with Crippen LogP contribution in [0.4, 0.5) is 8.78 Å². The molecule has 0 saturated heterocycles. The zero-order valence-corrected chi connectivity index (χ0v) is 17.9. The Kier molecular flexibility index (Phi) is 8.90. The summed E-state index contributed by atoms with van der Waals surface area (Å²) in [6, 6.07) is 12.1. The van der Waals surface area contributed by atoms with Gasteiger partial charge in [-0.2, -0.15) is 0 Å². The Hall–Kier alpha value is -2.18. The van der Waals surface area contributed by atoms with E-state index in [1.807, 2.05) is 12.1 Å². The predicted molar refractivity (Wildman–Crippen MR) is 118 cm³/mol. The van der Waals surface area contributed by atoms with Crippen LogP contribution in [0, 0.1) is 23.5 Å². The maximum absolute atomic E-state index is 13.3. The lowest BCUT2D eigenvalue weighted by atomic mass is 9.82. The molecule has 3 rings (SSSR count). The van der Waals surface area contributed by atoms with E-state index < -0.39 is 11.6 Å². The van der Waals surface area contributed by atoms with Crippen LogP contribution >= 0.6 is 0 Å². The van der Waals surface area contributed by atoms with Gasteiger partial charge in [0, 0.05) is 17.7 Å². The Morgan fingerprint density at radius 1 is 0.800 bits per heavy atom. The second-order valence-electron chi connectivity index (χ2n) is 8.26. The van der Waals surface area contributed by atoms with E-state index in [1.165, 1.54) is 56.6 Å². The van der Waals surface area contributed by atoms with E-state index in [4.69, 9.17) is 4.74 Å². The standard InChI is InChI=1S/C27H32F2O/c1-2-3-4-5-6-19-30-25-16-14-24(15-17-25)23-12-9-21(10-13-23)7-8-22-11-18-26(28)27(29)20-22/h9-13,18,20,24-25H,2-6,14-17,19H2,1H3. The largest absolute Gasteiger partial charge is 0.378 e. The van der Waals surface area contributed by atoms with E-state index in [-0.39, 0.29) is 0 Å².